The molecule has 2 rings (SSSR count). The summed E-state index contributed by atoms with van der Waals surface area (Å²) in [5, 5.41) is 9.64. The SMILES string of the molecule is OC1CCC(C(F)(F)F)C(N2CCC(CF)CC2)C1. The summed E-state index contributed by atoms with van der Waals surface area (Å²) < 4.78 is 51.7. The van der Waals surface area contributed by atoms with Crippen LogP contribution in [0.3, 0.4) is 0 Å². The van der Waals surface area contributed by atoms with Crippen LogP contribution in [0.4, 0.5) is 17.6 Å². The van der Waals surface area contributed by atoms with Gasteiger partial charge in [-0.2, -0.15) is 13.2 Å². The van der Waals surface area contributed by atoms with E-state index in [1.807, 2.05) is 4.90 Å². The van der Waals surface area contributed by atoms with Crippen molar-refractivity contribution in [3.8, 4) is 0 Å². The number of alkyl halides is 4. The zero-order valence-corrected chi connectivity index (χ0v) is 10.9. The Hall–Kier alpha value is -0.360. The zero-order chi connectivity index (χ0) is 14.0. The Balaban J connectivity index is 2.02. The second-order valence-corrected chi connectivity index (χ2v) is 5.82. The Morgan fingerprint density at radius 3 is 2.21 bits per heavy atom. The van der Waals surface area contributed by atoms with E-state index in [4.69, 9.17) is 0 Å². The van der Waals surface area contributed by atoms with Crippen molar-refractivity contribution in [3.63, 3.8) is 0 Å². The van der Waals surface area contributed by atoms with Crippen molar-refractivity contribution in [1.29, 1.82) is 0 Å². The highest BCUT2D eigenvalue weighted by atomic mass is 19.4. The molecule has 1 N–H and O–H groups in total. The fourth-order valence-corrected chi connectivity index (χ4v) is 3.35. The minimum atomic E-state index is -4.21. The second-order valence-electron chi connectivity index (χ2n) is 5.82. The van der Waals surface area contributed by atoms with Crippen LogP contribution in [0.1, 0.15) is 32.1 Å². The lowest BCUT2D eigenvalue weighted by Gasteiger charge is -2.44. The number of aliphatic hydroxyl groups is 1. The number of piperidine rings is 1. The standard InChI is InChI=1S/C13H21F4NO/c14-8-9-3-5-18(6-4-9)12-7-10(19)1-2-11(12)13(15,16)17/h9-12,19H,1-8H2. The third-order valence-electron chi connectivity index (χ3n) is 4.55. The number of halogens is 4. The lowest BCUT2D eigenvalue weighted by Crippen LogP contribution is -2.52. The largest absolute Gasteiger partial charge is 0.393 e. The van der Waals surface area contributed by atoms with Crippen molar-refractivity contribution in [2.45, 2.75) is 50.4 Å². The van der Waals surface area contributed by atoms with Crippen LogP contribution in [0.25, 0.3) is 0 Å². The van der Waals surface area contributed by atoms with E-state index in [2.05, 4.69) is 0 Å². The van der Waals surface area contributed by atoms with Gasteiger partial charge in [-0.15, -0.1) is 0 Å². The first-order valence-corrected chi connectivity index (χ1v) is 6.96. The molecule has 0 bridgehead atoms. The molecule has 6 heteroatoms. The number of nitrogens with zero attached hydrogens (tertiary/aromatic N) is 1. The molecule has 19 heavy (non-hydrogen) atoms. The van der Waals surface area contributed by atoms with Gasteiger partial charge < -0.3 is 5.11 Å². The molecule has 0 radical (unpaired) electrons. The fourth-order valence-electron chi connectivity index (χ4n) is 3.35. The maximum Gasteiger partial charge on any atom is 0.393 e. The van der Waals surface area contributed by atoms with Gasteiger partial charge in [0.25, 0.3) is 0 Å². The van der Waals surface area contributed by atoms with Crippen molar-refractivity contribution in [2.24, 2.45) is 11.8 Å². The fraction of sp³-hybridized carbons (Fsp3) is 1.00. The van der Waals surface area contributed by atoms with Gasteiger partial charge >= 0.3 is 6.18 Å². The normalized spacial score (nSPS) is 35.5. The third kappa shape index (κ3) is 3.60. The summed E-state index contributed by atoms with van der Waals surface area (Å²) in [5.41, 5.74) is 0. The molecule has 0 amide bonds. The predicted octanol–water partition coefficient (Wildman–Crippen LogP) is 2.76. The highest BCUT2D eigenvalue weighted by molar-refractivity contribution is 4.92. The minimum absolute atomic E-state index is 0.00161. The van der Waals surface area contributed by atoms with Crippen LogP contribution in [-0.4, -0.2) is 48.1 Å². The van der Waals surface area contributed by atoms with E-state index in [0.717, 1.165) is 0 Å². The molecule has 1 aliphatic heterocycles. The molecule has 1 heterocycles. The summed E-state index contributed by atoms with van der Waals surface area (Å²) in [6.45, 7) is 0.640. The van der Waals surface area contributed by atoms with E-state index in [-0.39, 0.29) is 31.9 Å². The van der Waals surface area contributed by atoms with Crippen LogP contribution in [0, 0.1) is 11.8 Å². The summed E-state index contributed by atoms with van der Waals surface area (Å²) in [7, 11) is 0. The van der Waals surface area contributed by atoms with Gasteiger partial charge in [0.1, 0.15) is 0 Å². The lowest BCUT2D eigenvalue weighted by atomic mass is 9.80. The molecular weight excluding hydrogens is 262 g/mol. The van der Waals surface area contributed by atoms with Crippen molar-refractivity contribution < 1.29 is 22.7 Å². The van der Waals surface area contributed by atoms with Crippen molar-refractivity contribution in [3.05, 3.63) is 0 Å². The summed E-state index contributed by atoms with van der Waals surface area (Å²) in [6.07, 6.45) is -3.20. The first-order valence-electron chi connectivity index (χ1n) is 6.96. The van der Waals surface area contributed by atoms with E-state index in [1.165, 1.54) is 0 Å². The third-order valence-corrected chi connectivity index (χ3v) is 4.55. The number of aliphatic hydroxyl groups excluding tert-OH is 1. The second kappa shape index (κ2) is 5.95. The average Bonchev–Trinajstić information content (AvgIpc) is 2.37. The van der Waals surface area contributed by atoms with Gasteiger partial charge in [-0.1, -0.05) is 0 Å². The first-order chi connectivity index (χ1) is 8.91. The lowest BCUT2D eigenvalue weighted by molar-refractivity contribution is -0.206. The molecular formula is C13H21F4NO. The van der Waals surface area contributed by atoms with Gasteiger partial charge in [-0.3, -0.25) is 9.29 Å². The summed E-state index contributed by atoms with van der Waals surface area (Å²) in [5.74, 6) is -1.35. The topological polar surface area (TPSA) is 23.5 Å². The summed E-state index contributed by atoms with van der Waals surface area (Å²) in [4.78, 5) is 1.81. The molecule has 3 atom stereocenters. The van der Waals surface area contributed by atoms with Crippen molar-refractivity contribution in [1.82, 2.24) is 4.90 Å². The molecule has 0 spiro atoms. The maximum absolute atomic E-state index is 13.0. The molecule has 1 saturated heterocycles. The van der Waals surface area contributed by atoms with Crippen LogP contribution in [0.5, 0.6) is 0 Å². The van der Waals surface area contributed by atoms with Crippen LogP contribution >= 0.6 is 0 Å². The molecule has 112 valence electrons. The molecule has 0 aromatic heterocycles. The molecule has 2 nitrogen and oxygen atoms in total. The number of rotatable bonds is 2. The number of hydrogen-bond donors (Lipinski definition) is 1. The van der Waals surface area contributed by atoms with Crippen molar-refractivity contribution in [2.75, 3.05) is 19.8 Å². The highest BCUT2D eigenvalue weighted by Crippen LogP contribution is 2.41. The van der Waals surface area contributed by atoms with Crippen LogP contribution < -0.4 is 0 Å². The van der Waals surface area contributed by atoms with Gasteiger partial charge in [0.2, 0.25) is 0 Å². The Morgan fingerprint density at radius 1 is 1.05 bits per heavy atom. The van der Waals surface area contributed by atoms with Gasteiger partial charge in [-0.05, 0) is 51.1 Å². The Labute approximate surface area is 110 Å². The van der Waals surface area contributed by atoms with E-state index in [1.54, 1.807) is 0 Å². The predicted molar refractivity (Wildman–Crippen MR) is 63.5 cm³/mol. The number of likely N-dealkylation sites (tertiary alicyclic amines) is 1. The van der Waals surface area contributed by atoms with E-state index >= 15 is 0 Å². The molecule has 0 aromatic rings. The van der Waals surface area contributed by atoms with Crippen LogP contribution in [-0.2, 0) is 0 Å². The molecule has 1 saturated carbocycles. The summed E-state index contributed by atoms with van der Waals surface area (Å²) in [6, 6.07) is -0.635. The van der Waals surface area contributed by atoms with Crippen LogP contribution in [0.15, 0.2) is 0 Å². The van der Waals surface area contributed by atoms with E-state index in [0.29, 0.717) is 25.9 Å². The maximum atomic E-state index is 13.0. The monoisotopic (exact) mass is 283 g/mol. The zero-order valence-electron chi connectivity index (χ0n) is 10.9. The minimum Gasteiger partial charge on any atom is -0.393 e. The Kier molecular flexibility index (Phi) is 4.71. The Bertz CT molecular complexity index is 289. The van der Waals surface area contributed by atoms with Gasteiger partial charge in [0.15, 0.2) is 0 Å². The smallest absolute Gasteiger partial charge is 0.393 e. The van der Waals surface area contributed by atoms with Gasteiger partial charge in [0, 0.05) is 6.04 Å². The van der Waals surface area contributed by atoms with E-state index in [9.17, 15) is 22.7 Å². The molecule has 0 aromatic carbocycles. The molecule has 3 unspecified atom stereocenters. The molecule has 2 fully saturated rings. The molecule has 1 aliphatic carbocycles. The van der Waals surface area contributed by atoms with Crippen LogP contribution in [0.2, 0.25) is 0 Å². The highest BCUT2D eigenvalue weighted by Gasteiger charge is 2.49. The van der Waals surface area contributed by atoms with Crippen molar-refractivity contribution >= 4 is 0 Å². The molecule has 2 aliphatic rings. The summed E-state index contributed by atoms with van der Waals surface area (Å²) >= 11 is 0. The first kappa shape index (κ1) is 15.0. The average molecular weight is 283 g/mol. The Morgan fingerprint density at radius 2 is 1.68 bits per heavy atom. The van der Waals surface area contributed by atoms with E-state index < -0.39 is 24.2 Å². The quantitative estimate of drug-likeness (QED) is 0.788. The van der Waals surface area contributed by atoms with Gasteiger partial charge in [0.05, 0.1) is 18.7 Å². The number of hydrogen-bond acceptors (Lipinski definition) is 2. The van der Waals surface area contributed by atoms with Gasteiger partial charge in [-0.25, -0.2) is 0 Å².